The maximum atomic E-state index is 12.5. The number of allylic oxidation sites excluding steroid dienone is 2. The molecule has 5 heteroatoms. The number of rotatable bonds is 3. The summed E-state index contributed by atoms with van der Waals surface area (Å²) in [6, 6.07) is 7.26. The molecule has 0 saturated carbocycles. The molecule has 98 valence electrons. The number of ketones is 1. The van der Waals surface area contributed by atoms with Crippen LogP contribution < -0.4 is 4.74 Å². The smallest absolute Gasteiger partial charge is 0.201 e. The van der Waals surface area contributed by atoms with E-state index in [1.54, 1.807) is 13.2 Å². The average Bonchev–Trinajstić information content (AvgIpc) is 3.01. The lowest BCUT2D eigenvalue weighted by Gasteiger charge is -2.12. The van der Waals surface area contributed by atoms with E-state index in [0.717, 1.165) is 28.9 Å². The van der Waals surface area contributed by atoms with Crippen LogP contribution in [0.4, 0.5) is 0 Å². The number of thioether (sulfide) groups is 1. The van der Waals surface area contributed by atoms with Gasteiger partial charge in [-0.2, -0.15) is 0 Å². The van der Waals surface area contributed by atoms with Crippen molar-refractivity contribution in [2.24, 2.45) is 4.99 Å². The van der Waals surface area contributed by atoms with E-state index in [2.05, 4.69) is 9.89 Å². The molecule has 0 atom stereocenters. The molecule has 0 saturated heterocycles. The van der Waals surface area contributed by atoms with Gasteiger partial charge in [-0.25, -0.2) is 0 Å². The van der Waals surface area contributed by atoms with Crippen LogP contribution in [0, 0.1) is 0 Å². The molecule has 1 aromatic rings. The van der Waals surface area contributed by atoms with Crippen molar-refractivity contribution in [3.63, 3.8) is 0 Å². The van der Waals surface area contributed by atoms with Gasteiger partial charge >= 0.3 is 0 Å². The molecule has 0 spiro atoms. The quantitative estimate of drug-likeness (QED) is 0.794. The van der Waals surface area contributed by atoms with Crippen LogP contribution in [0.3, 0.4) is 0 Å². The lowest BCUT2D eigenvalue weighted by molar-refractivity contribution is 0.104. The van der Waals surface area contributed by atoms with E-state index in [1.807, 2.05) is 25.1 Å². The first-order valence-corrected chi connectivity index (χ1v) is 6.92. The number of hydrogen-bond acceptors (Lipinski definition) is 5. The highest BCUT2D eigenvalue weighted by Gasteiger charge is 2.33. The molecule has 0 radical (unpaired) electrons. The van der Waals surface area contributed by atoms with Crippen molar-refractivity contribution < 1.29 is 9.53 Å². The van der Waals surface area contributed by atoms with Crippen LogP contribution in [0.15, 0.2) is 39.9 Å². The number of Topliss-reactive ketones (excluding diaryl/α,β-unsaturated/α-hetero) is 1. The zero-order valence-electron chi connectivity index (χ0n) is 10.8. The van der Waals surface area contributed by atoms with Gasteiger partial charge in [0.2, 0.25) is 5.78 Å². The van der Waals surface area contributed by atoms with E-state index in [1.165, 1.54) is 11.8 Å². The summed E-state index contributed by atoms with van der Waals surface area (Å²) >= 11 is 1.47. The summed E-state index contributed by atoms with van der Waals surface area (Å²) in [5.41, 5.74) is 1.66. The Morgan fingerprint density at radius 1 is 1.47 bits per heavy atom. The van der Waals surface area contributed by atoms with E-state index in [0.29, 0.717) is 11.3 Å². The second-order valence-electron chi connectivity index (χ2n) is 4.39. The number of carbonyl (C=O) groups is 1. The molecule has 2 heterocycles. The lowest BCUT2D eigenvalue weighted by Crippen LogP contribution is -2.19. The first kappa shape index (κ1) is 12.3. The van der Waals surface area contributed by atoms with Gasteiger partial charge in [0.25, 0.3) is 0 Å². The minimum atomic E-state index is 0.0403. The minimum absolute atomic E-state index is 0.0403. The van der Waals surface area contributed by atoms with Gasteiger partial charge in [0.15, 0.2) is 5.17 Å². The zero-order valence-corrected chi connectivity index (χ0v) is 11.7. The van der Waals surface area contributed by atoms with Gasteiger partial charge in [0, 0.05) is 17.8 Å². The number of benzene rings is 1. The van der Waals surface area contributed by atoms with E-state index in [9.17, 15) is 4.79 Å². The lowest BCUT2D eigenvalue weighted by atomic mass is 10.1. The fourth-order valence-corrected chi connectivity index (χ4v) is 3.36. The number of carbonyl (C=O) groups excluding carboxylic acids is 1. The summed E-state index contributed by atoms with van der Waals surface area (Å²) in [5, 5.41) is 0.948. The molecule has 4 nitrogen and oxygen atoms in total. The molecule has 3 rings (SSSR count). The normalized spacial score (nSPS) is 17.6. The first-order valence-electron chi connectivity index (χ1n) is 6.10. The topological polar surface area (TPSA) is 41.9 Å². The summed E-state index contributed by atoms with van der Waals surface area (Å²) in [6.45, 7) is 3.68. The third-order valence-electron chi connectivity index (χ3n) is 3.27. The molecule has 1 aromatic carbocycles. The van der Waals surface area contributed by atoms with Crippen LogP contribution in [0.2, 0.25) is 0 Å². The Labute approximate surface area is 116 Å². The van der Waals surface area contributed by atoms with Gasteiger partial charge in [-0.05, 0) is 30.8 Å². The highest BCUT2D eigenvalue weighted by atomic mass is 32.2. The standard InChI is InChI=1S/C14H14N2O2S/c1-9-13(19-14-15-6-7-16(9)14)12(17)10-4-3-5-11(8-10)18-2/h3-5,8H,6-7H2,1-2H3. The molecule has 0 aliphatic carbocycles. The van der Waals surface area contributed by atoms with Crippen molar-refractivity contribution in [3.05, 3.63) is 40.4 Å². The van der Waals surface area contributed by atoms with Gasteiger partial charge in [0.05, 0.1) is 18.6 Å². The summed E-state index contributed by atoms with van der Waals surface area (Å²) in [7, 11) is 1.60. The Bertz CT molecular complexity index is 607. The maximum Gasteiger partial charge on any atom is 0.201 e. The summed E-state index contributed by atoms with van der Waals surface area (Å²) in [6.07, 6.45) is 0. The molecular weight excluding hydrogens is 260 g/mol. The summed E-state index contributed by atoms with van der Waals surface area (Å²) in [5.74, 6) is 0.739. The van der Waals surface area contributed by atoms with E-state index < -0.39 is 0 Å². The third-order valence-corrected chi connectivity index (χ3v) is 4.48. The Morgan fingerprint density at radius 2 is 2.32 bits per heavy atom. The van der Waals surface area contributed by atoms with Crippen molar-refractivity contribution in [2.75, 3.05) is 20.2 Å². The highest BCUT2D eigenvalue weighted by Crippen LogP contribution is 2.38. The summed E-state index contributed by atoms with van der Waals surface area (Å²) in [4.78, 5) is 19.8. The predicted molar refractivity (Wildman–Crippen MR) is 76.6 cm³/mol. The molecule has 19 heavy (non-hydrogen) atoms. The number of methoxy groups -OCH3 is 1. The summed E-state index contributed by atoms with van der Waals surface area (Å²) < 4.78 is 5.16. The maximum absolute atomic E-state index is 12.5. The largest absolute Gasteiger partial charge is 0.497 e. The first-order chi connectivity index (χ1) is 9.20. The van der Waals surface area contributed by atoms with E-state index in [-0.39, 0.29) is 5.78 Å². The molecule has 2 aliphatic heterocycles. The molecule has 0 aromatic heterocycles. The van der Waals surface area contributed by atoms with Gasteiger partial charge < -0.3 is 9.64 Å². The van der Waals surface area contributed by atoms with Crippen LogP contribution in [-0.4, -0.2) is 36.1 Å². The fraction of sp³-hybridized carbons (Fsp3) is 0.286. The van der Waals surface area contributed by atoms with Crippen molar-refractivity contribution in [3.8, 4) is 5.75 Å². The predicted octanol–water partition coefficient (Wildman–Crippen LogP) is 2.53. The Morgan fingerprint density at radius 3 is 3.05 bits per heavy atom. The van der Waals surface area contributed by atoms with Crippen molar-refractivity contribution in [1.82, 2.24) is 4.90 Å². The van der Waals surface area contributed by atoms with Gasteiger partial charge in [-0.15, -0.1) is 0 Å². The van der Waals surface area contributed by atoms with Crippen molar-refractivity contribution >= 4 is 22.7 Å². The van der Waals surface area contributed by atoms with E-state index >= 15 is 0 Å². The van der Waals surface area contributed by atoms with Gasteiger partial charge in [-0.3, -0.25) is 9.79 Å². The molecule has 2 aliphatic rings. The molecule has 0 N–H and O–H groups in total. The zero-order chi connectivity index (χ0) is 13.4. The van der Waals surface area contributed by atoms with Crippen LogP contribution in [0.5, 0.6) is 5.75 Å². The second-order valence-corrected chi connectivity index (χ2v) is 5.37. The minimum Gasteiger partial charge on any atom is -0.497 e. The number of hydrogen-bond donors (Lipinski definition) is 0. The van der Waals surface area contributed by atoms with Crippen LogP contribution in [-0.2, 0) is 0 Å². The number of fused-ring (bicyclic) bond motifs is 1. The average molecular weight is 274 g/mol. The Balaban J connectivity index is 1.92. The monoisotopic (exact) mass is 274 g/mol. The van der Waals surface area contributed by atoms with E-state index in [4.69, 9.17) is 4.74 Å². The molecule has 0 fully saturated rings. The number of nitrogens with zero attached hydrogens (tertiary/aromatic N) is 2. The fourth-order valence-electron chi connectivity index (χ4n) is 2.22. The number of amidine groups is 1. The van der Waals surface area contributed by atoms with Crippen LogP contribution in [0.25, 0.3) is 0 Å². The van der Waals surface area contributed by atoms with Crippen molar-refractivity contribution in [2.45, 2.75) is 6.92 Å². The highest BCUT2D eigenvalue weighted by molar-refractivity contribution is 8.18. The van der Waals surface area contributed by atoms with Crippen LogP contribution in [0.1, 0.15) is 17.3 Å². The second kappa shape index (κ2) is 4.74. The van der Waals surface area contributed by atoms with Gasteiger partial charge in [0.1, 0.15) is 5.75 Å². The molecule has 0 unspecified atom stereocenters. The molecular formula is C14H14N2O2S. The SMILES string of the molecule is COc1cccc(C(=O)C2=C(C)N3CCN=C3S2)c1. The Kier molecular flexibility index (Phi) is 3.06. The Hall–Kier alpha value is -1.75. The third kappa shape index (κ3) is 2.04. The molecule has 0 amide bonds. The molecule has 0 bridgehead atoms. The van der Waals surface area contributed by atoms with Gasteiger partial charge in [-0.1, -0.05) is 12.1 Å². The van der Waals surface area contributed by atoms with Crippen molar-refractivity contribution in [1.29, 1.82) is 0 Å². The number of aliphatic imine (C=N–C) groups is 1. The van der Waals surface area contributed by atoms with Crippen LogP contribution >= 0.6 is 11.8 Å². The number of ether oxygens (including phenoxy) is 1.